The molecule has 0 atom stereocenters. The lowest BCUT2D eigenvalue weighted by molar-refractivity contribution is -0.384. The first-order valence-corrected chi connectivity index (χ1v) is 11.1. The number of ether oxygens (including phenoxy) is 1. The molecule has 2 aromatic rings. The summed E-state index contributed by atoms with van der Waals surface area (Å²) in [5.41, 5.74) is -0.409. The van der Waals surface area contributed by atoms with Gasteiger partial charge in [0.2, 0.25) is 0 Å². The summed E-state index contributed by atoms with van der Waals surface area (Å²) in [5.74, 6) is 0.0556. The standard InChI is InChI=1S/C23H33N5O6/c1-23(2,3)34-21(30)16-27(13-6-7-17-8-10-18(11-9-17)28(32)33)14-12-24-19-15-20(29)26(5)22(31)25(19)4/h8-11,15,24H,6-7,12-14,16H2,1-5H3. The fraction of sp³-hybridized carbons (Fsp3) is 0.522. The summed E-state index contributed by atoms with van der Waals surface area (Å²) in [6.45, 7) is 6.98. The van der Waals surface area contributed by atoms with Crippen molar-refractivity contribution in [3.63, 3.8) is 0 Å². The van der Waals surface area contributed by atoms with Gasteiger partial charge in [0.15, 0.2) is 0 Å². The Morgan fingerprint density at radius 3 is 2.35 bits per heavy atom. The van der Waals surface area contributed by atoms with Crippen LogP contribution < -0.4 is 16.6 Å². The van der Waals surface area contributed by atoms with E-state index in [1.165, 1.54) is 29.8 Å². The van der Waals surface area contributed by atoms with Crippen LogP contribution in [0.15, 0.2) is 39.9 Å². The number of aryl methyl sites for hydroxylation is 1. The maximum Gasteiger partial charge on any atom is 0.332 e. The SMILES string of the molecule is Cn1c(NCCN(CCCc2ccc([N+](=O)[O-])cc2)CC(=O)OC(C)(C)C)cc(=O)n(C)c1=O. The number of rotatable bonds is 11. The van der Waals surface area contributed by atoms with Gasteiger partial charge in [0.05, 0.1) is 11.5 Å². The van der Waals surface area contributed by atoms with Crippen molar-refractivity contribution in [2.24, 2.45) is 14.1 Å². The zero-order valence-corrected chi connectivity index (χ0v) is 20.4. The average molecular weight is 476 g/mol. The predicted molar refractivity (Wildman–Crippen MR) is 129 cm³/mol. The summed E-state index contributed by atoms with van der Waals surface area (Å²) in [4.78, 5) is 48.7. The number of anilines is 1. The van der Waals surface area contributed by atoms with Crippen molar-refractivity contribution in [1.29, 1.82) is 0 Å². The molecule has 11 heteroatoms. The third-order valence-electron chi connectivity index (χ3n) is 5.12. The van der Waals surface area contributed by atoms with Gasteiger partial charge in [-0.15, -0.1) is 0 Å². The van der Waals surface area contributed by atoms with Gasteiger partial charge in [-0.3, -0.25) is 33.7 Å². The number of benzene rings is 1. The van der Waals surface area contributed by atoms with E-state index in [0.717, 1.165) is 16.6 Å². The summed E-state index contributed by atoms with van der Waals surface area (Å²) in [7, 11) is 2.99. The Morgan fingerprint density at radius 2 is 1.76 bits per heavy atom. The second-order valence-corrected chi connectivity index (χ2v) is 9.08. The molecule has 1 N–H and O–H groups in total. The van der Waals surface area contributed by atoms with Gasteiger partial charge in [0, 0.05) is 45.4 Å². The van der Waals surface area contributed by atoms with Crippen LogP contribution in [0.4, 0.5) is 11.5 Å². The molecule has 186 valence electrons. The first kappa shape index (κ1) is 26.8. The van der Waals surface area contributed by atoms with E-state index in [9.17, 15) is 24.5 Å². The minimum absolute atomic E-state index is 0.0477. The molecule has 0 radical (unpaired) electrons. The third-order valence-corrected chi connectivity index (χ3v) is 5.12. The van der Waals surface area contributed by atoms with Crippen LogP contribution in [0.1, 0.15) is 32.8 Å². The van der Waals surface area contributed by atoms with E-state index in [1.54, 1.807) is 19.2 Å². The highest BCUT2D eigenvalue weighted by Crippen LogP contribution is 2.13. The lowest BCUT2D eigenvalue weighted by atomic mass is 10.1. The second-order valence-electron chi connectivity index (χ2n) is 9.08. The minimum Gasteiger partial charge on any atom is -0.459 e. The molecule has 0 saturated carbocycles. The van der Waals surface area contributed by atoms with Crippen LogP contribution >= 0.6 is 0 Å². The van der Waals surface area contributed by atoms with E-state index in [0.29, 0.717) is 31.9 Å². The number of nitrogens with one attached hydrogen (secondary N) is 1. The van der Waals surface area contributed by atoms with Gasteiger partial charge in [0.25, 0.3) is 11.2 Å². The van der Waals surface area contributed by atoms with Crippen LogP contribution in [-0.2, 0) is 30.0 Å². The number of carbonyl (C=O) groups excluding carboxylic acids is 1. The summed E-state index contributed by atoms with van der Waals surface area (Å²) in [6.07, 6.45) is 1.42. The molecular formula is C23H33N5O6. The van der Waals surface area contributed by atoms with Gasteiger partial charge < -0.3 is 10.1 Å². The van der Waals surface area contributed by atoms with Crippen LogP contribution in [-0.4, -0.2) is 56.7 Å². The van der Waals surface area contributed by atoms with Crippen molar-refractivity contribution < 1.29 is 14.5 Å². The van der Waals surface area contributed by atoms with Crippen molar-refractivity contribution in [3.05, 3.63) is 66.8 Å². The predicted octanol–water partition coefficient (Wildman–Crippen LogP) is 1.68. The molecule has 0 aliphatic rings. The van der Waals surface area contributed by atoms with E-state index in [4.69, 9.17) is 4.74 Å². The van der Waals surface area contributed by atoms with Gasteiger partial charge in [0.1, 0.15) is 11.4 Å². The van der Waals surface area contributed by atoms with E-state index in [-0.39, 0.29) is 18.2 Å². The quantitative estimate of drug-likeness (QED) is 0.295. The van der Waals surface area contributed by atoms with Crippen molar-refractivity contribution >= 4 is 17.5 Å². The molecule has 1 aromatic carbocycles. The number of nitrogens with zero attached hydrogens (tertiary/aromatic N) is 4. The number of carbonyl (C=O) groups is 1. The Bertz CT molecular complexity index is 1110. The molecule has 0 fully saturated rings. The second kappa shape index (κ2) is 11.6. The highest BCUT2D eigenvalue weighted by molar-refractivity contribution is 5.72. The maximum absolute atomic E-state index is 12.4. The molecule has 11 nitrogen and oxygen atoms in total. The molecule has 0 aliphatic carbocycles. The molecule has 0 saturated heterocycles. The van der Waals surface area contributed by atoms with Crippen molar-refractivity contribution in [3.8, 4) is 0 Å². The van der Waals surface area contributed by atoms with Crippen LogP contribution in [0.2, 0.25) is 0 Å². The number of aromatic nitrogens is 2. The molecule has 1 heterocycles. The monoisotopic (exact) mass is 475 g/mol. The fourth-order valence-electron chi connectivity index (χ4n) is 3.36. The molecule has 0 amide bonds. The highest BCUT2D eigenvalue weighted by atomic mass is 16.6. The number of esters is 1. The van der Waals surface area contributed by atoms with E-state index in [2.05, 4.69) is 5.32 Å². The Hall–Kier alpha value is -3.47. The zero-order chi connectivity index (χ0) is 25.5. The van der Waals surface area contributed by atoms with Gasteiger partial charge in [-0.05, 0) is 45.7 Å². The lowest BCUT2D eigenvalue weighted by Crippen LogP contribution is -2.40. The van der Waals surface area contributed by atoms with Crippen molar-refractivity contribution in [2.75, 3.05) is 31.5 Å². The minimum atomic E-state index is -0.595. The van der Waals surface area contributed by atoms with Crippen LogP contribution in [0, 0.1) is 10.1 Å². The van der Waals surface area contributed by atoms with Crippen molar-refractivity contribution in [2.45, 2.75) is 39.2 Å². The van der Waals surface area contributed by atoms with Crippen LogP contribution in [0.3, 0.4) is 0 Å². The average Bonchev–Trinajstić information content (AvgIpc) is 2.74. The molecule has 0 aliphatic heterocycles. The smallest absolute Gasteiger partial charge is 0.332 e. The number of nitro benzene ring substituents is 1. The van der Waals surface area contributed by atoms with Crippen LogP contribution in [0.5, 0.6) is 0 Å². The zero-order valence-electron chi connectivity index (χ0n) is 20.4. The van der Waals surface area contributed by atoms with Gasteiger partial charge in [-0.25, -0.2) is 4.79 Å². The summed E-state index contributed by atoms with van der Waals surface area (Å²) < 4.78 is 7.82. The normalized spacial score (nSPS) is 11.5. The van der Waals surface area contributed by atoms with Crippen LogP contribution in [0.25, 0.3) is 0 Å². The Balaban J connectivity index is 1.99. The van der Waals surface area contributed by atoms with E-state index in [1.807, 2.05) is 25.7 Å². The summed E-state index contributed by atoms with van der Waals surface area (Å²) >= 11 is 0. The van der Waals surface area contributed by atoms with Gasteiger partial charge in [-0.2, -0.15) is 0 Å². The summed E-state index contributed by atoms with van der Waals surface area (Å²) in [5, 5.41) is 13.9. The van der Waals surface area contributed by atoms with Crippen molar-refractivity contribution in [1.82, 2.24) is 14.0 Å². The number of hydrogen-bond donors (Lipinski definition) is 1. The Morgan fingerprint density at radius 1 is 1.12 bits per heavy atom. The molecular weight excluding hydrogens is 442 g/mol. The number of nitro groups is 1. The Labute approximate surface area is 198 Å². The summed E-state index contributed by atoms with van der Waals surface area (Å²) in [6, 6.07) is 7.77. The highest BCUT2D eigenvalue weighted by Gasteiger charge is 2.19. The lowest BCUT2D eigenvalue weighted by Gasteiger charge is -2.25. The molecule has 2 rings (SSSR count). The largest absolute Gasteiger partial charge is 0.459 e. The topological polar surface area (TPSA) is 129 Å². The first-order chi connectivity index (χ1) is 15.9. The van der Waals surface area contributed by atoms with Gasteiger partial charge >= 0.3 is 11.7 Å². The molecule has 0 unspecified atom stereocenters. The fourth-order valence-corrected chi connectivity index (χ4v) is 3.36. The number of non-ortho nitro benzene ring substituents is 1. The Kier molecular flexibility index (Phi) is 9.13. The molecule has 0 spiro atoms. The number of hydrogen-bond acceptors (Lipinski definition) is 8. The molecule has 0 bridgehead atoms. The maximum atomic E-state index is 12.4. The third kappa shape index (κ3) is 8.14. The van der Waals surface area contributed by atoms with E-state index >= 15 is 0 Å². The molecule has 34 heavy (non-hydrogen) atoms. The molecule has 1 aromatic heterocycles. The first-order valence-electron chi connectivity index (χ1n) is 11.1. The van der Waals surface area contributed by atoms with Gasteiger partial charge in [-0.1, -0.05) is 12.1 Å². The van der Waals surface area contributed by atoms with E-state index < -0.39 is 21.8 Å².